The fraction of sp³-hybridized carbons (Fsp3) is 0.364. The third-order valence-electron chi connectivity index (χ3n) is 4.97. The van der Waals surface area contributed by atoms with E-state index in [1.165, 1.54) is 0 Å². The largest absolute Gasteiger partial charge is 0.378 e. The van der Waals surface area contributed by atoms with Crippen molar-refractivity contribution in [3.8, 4) is 0 Å². The van der Waals surface area contributed by atoms with Gasteiger partial charge in [-0.2, -0.15) is 0 Å². The summed E-state index contributed by atoms with van der Waals surface area (Å²) in [6, 6.07) is 15.6. The Kier molecular flexibility index (Phi) is 5.79. The van der Waals surface area contributed by atoms with Crippen LogP contribution in [0.15, 0.2) is 48.5 Å². The second-order valence-electron chi connectivity index (χ2n) is 7.27. The first-order valence-corrected chi connectivity index (χ1v) is 9.38. The molecular weight excluding hydrogens is 338 g/mol. The van der Waals surface area contributed by atoms with Crippen LogP contribution in [0.1, 0.15) is 35.2 Å². The highest BCUT2D eigenvalue weighted by atomic mass is 16.2. The highest BCUT2D eigenvalue weighted by Gasteiger charge is 2.20. The van der Waals surface area contributed by atoms with Gasteiger partial charge < -0.3 is 14.7 Å². The predicted octanol–water partition coefficient (Wildman–Crippen LogP) is 3.54. The summed E-state index contributed by atoms with van der Waals surface area (Å²) in [5, 5.41) is 0. The number of carbonyl (C=O) groups is 2. The summed E-state index contributed by atoms with van der Waals surface area (Å²) in [5.41, 5.74) is 3.73. The van der Waals surface area contributed by atoms with Crippen LogP contribution < -0.4 is 9.80 Å². The minimum atomic E-state index is -0.0248. The van der Waals surface area contributed by atoms with Gasteiger partial charge in [-0.25, -0.2) is 0 Å². The number of carbonyl (C=O) groups excluding carboxylic acids is 2. The molecule has 0 N–H and O–H groups in total. The lowest BCUT2D eigenvalue weighted by molar-refractivity contribution is -0.119. The van der Waals surface area contributed by atoms with Crippen LogP contribution in [0, 0.1) is 0 Å². The van der Waals surface area contributed by atoms with E-state index in [0.29, 0.717) is 18.5 Å². The molecule has 2 aromatic carbocycles. The molecule has 0 aromatic heterocycles. The molecule has 2 aromatic rings. The van der Waals surface area contributed by atoms with E-state index in [1.807, 2.05) is 67.3 Å². The maximum absolute atomic E-state index is 12.7. The third kappa shape index (κ3) is 4.48. The highest BCUT2D eigenvalue weighted by Crippen LogP contribution is 2.22. The van der Waals surface area contributed by atoms with Crippen LogP contribution in [-0.2, 0) is 11.3 Å². The fourth-order valence-corrected chi connectivity index (χ4v) is 3.33. The molecule has 0 spiro atoms. The quantitative estimate of drug-likeness (QED) is 0.814. The molecule has 1 aliphatic rings. The summed E-state index contributed by atoms with van der Waals surface area (Å²) in [6.07, 6.45) is 2.60. The summed E-state index contributed by atoms with van der Waals surface area (Å²) in [4.78, 5) is 30.3. The lowest BCUT2D eigenvalue weighted by Gasteiger charge is -2.27. The zero-order valence-corrected chi connectivity index (χ0v) is 16.3. The van der Waals surface area contributed by atoms with E-state index in [4.69, 9.17) is 0 Å². The Morgan fingerprint density at radius 2 is 1.63 bits per heavy atom. The van der Waals surface area contributed by atoms with Crippen LogP contribution in [0.5, 0.6) is 0 Å². The Balaban J connectivity index is 1.65. The predicted molar refractivity (Wildman–Crippen MR) is 109 cm³/mol. The number of piperidine rings is 1. The van der Waals surface area contributed by atoms with Gasteiger partial charge in [0.25, 0.3) is 5.91 Å². The monoisotopic (exact) mass is 365 g/mol. The number of nitrogens with zero attached hydrogens (tertiary/aromatic N) is 3. The first-order valence-electron chi connectivity index (χ1n) is 9.38. The Labute approximate surface area is 161 Å². The minimum Gasteiger partial charge on any atom is -0.378 e. The maximum atomic E-state index is 12.7. The maximum Gasteiger partial charge on any atom is 0.253 e. The molecule has 1 fully saturated rings. The van der Waals surface area contributed by atoms with Gasteiger partial charge in [0.1, 0.15) is 0 Å². The number of hydrogen-bond acceptors (Lipinski definition) is 3. The standard InChI is InChI=1S/C22H27N3O2/c1-23(2)19-11-7-17(8-12-19)16-24(3)22(27)18-9-13-20(14-10-18)25-15-5-4-6-21(25)26/h7-14H,4-6,15-16H2,1-3H3. The van der Waals surface area contributed by atoms with Crippen LogP contribution in [0.25, 0.3) is 0 Å². The number of hydrogen-bond donors (Lipinski definition) is 0. The first kappa shape index (κ1) is 19.0. The first-order chi connectivity index (χ1) is 13.0. The molecule has 27 heavy (non-hydrogen) atoms. The lowest BCUT2D eigenvalue weighted by Crippen LogP contribution is -2.35. The van der Waals surface area contributed by atoms with Crippen LogP contribution in [0.2, 0.25) is 0 Å². The van der Waals surface area contributed by atoms with Gasteiger partial charge in [-0.3, -0.25) is 9.59 Å². The topological polar surface area (TPSA) is 43.9 Å². The van der Waals surface area contributed by atoms with Crippen LogP contribution in [-0.4, -0.2) is 44.4 Å². The van der Waals surface area contributed by atoms with Crippen molar-refractivity contribution in [1.82, 2.24) is 4.90 Å². The molecule has 5 nitrogen and oxygen atoms in total. The van der Waals surface area contributed by atoms with Gasteiger partial charge in [0.2, 0.25) is 5.91 Å². The Bertz CT molecular complexity index is 797. The molecule has 1 saturated heterocycles. The van der Waals surface area contributed by atoms with Gasteiger partial charge in [0, 0.05) is 57.6 Å². The van der Waals surface area contributed by atoms with Gasteiger partial charge in [0.15, 0.2) is 0 Å². The second kappa shape index (κ2) is 8.25. The number of amides is 2. The van der Waals surface area contributed by atoms with E-state index in [2.05, 4.69) is 12.1 Å². The van der Waals surface area contributed by atoms with E-state index in [-0.39, 0.29) is 11.8 Å². The number of anilines is 2. The van der Waals surface area contributed by atoms with Crippen molar-refractivity contribution in [1.29, 1.82) is 0 Å². The van der Waals surface area contributed by atoms with Crippen molar-refractivity contribution in [3.05, 3.63) is 59.7 Å². The van der Waals surface area contributed by atoms with Gasteiger partial charge in [-0.15, -0.1) is 0 Å². The van der Waals surface area contributed by atoms with Crippen molar-refractivity contribution < 1.29 is 9.59 Å². The van der Waals surface area contributed by atoms with Crippen molar-refractivity contribution >= 4 is 23.2 Å². The summed E-state index contributed by atoms with van der Waals surface area (Å²) >= 11 is 0. The van der Waals surface area contributed by atoms with E-state index in [0.717, 1.165) is 36.3 Å². The van der Waals surface area contributed by atoms with Crippen LogP contribution in [0.3, 0.4) is 0 Å². The highest BCUT2D eigenvalue weighted by molar-refractivity contribution is 5.96. The fourth-order valence-electron chi connectivity index (χ4n) is 3.33. The van der Waals surface area contributed by atoms with E-state index < -0.39 is 0 Å². The Hall–Kier alpha value is -2.82. The molecule has 5 heteroatoms. The Morgan fingerprint density at radius 3 is 2.22 bits per heavy atom. The molecule has 0 unspecified atom stereocenters. The lowest BCUT2D eigenvalue weighted by atomic mass is 10.1. The van der Waals surface area contributed by atoms with Crippen LogP contribution in [0.4, 0.5) is 11.4 Å². The summed E-state index contributed by atoms with van der Waals surface area (Å²) in [6.45, 7) is 1.31. The average Bonchev–Trinajstić information content (AvgIpc) is 2.68. The van der Waals surface area contributed by atoms with E-state index in [1.54, 1.807) is 4.90 Å². The SMILES string of the molecule is CN(Cc1ccc(N(C)C)cc1)C(=O)c1ccc(N2CCCCC2=O)cc1. The summed E-state index contributed by atoms with van der Waals surface area (Å²) in [7, 11) is 5.82. The van der Waals surface area contributed by atoms with Crippen molar-refractivity contribution in [2.75, 3.05) is 37.5 Å². The van der Waals surface area contributed by atoms with E-state index >= 15 is 0 Å². The number of benzene rings is 2. The molecule has 1 aliphatic heterocycles. The van der Waals surface area contributed by atoms with Gasteiger partial charge >= 0.3 is 0 Å². The Morgan fingerprint density at radius 1 is 0.963 bits per heavy atom. The zero-order chi connectivity index (χ0) is 19.4. The van der Waals surface area contributed by atoms with Crippen molar-refractivity contribution in [2.24, 2.45) is 0 Å². The molecule has 0 atom stereocenters. The third-order valence-corrected chi connectivity index (χ3v) is 4.97. The number of rotatable bonds is 5. The molecule has 1 heterocycles. The average molecular weight is 365 g/mol. The van der Waals surface area contributed by atoms with Gasteiger partial charge in [-0.05, 0) is 54.8 Å². The van der Waals surface area contributed by atoms with Crippen molar-refractivity contribution in [2.45, 2.75) is 25.8 Å². The van der Waals surface area contributed by atoms with Gasteiger partial charge in [0.05, 0.1) is 0 Å². The molecule has 0 radical (unpaired) electrons. The molecule has 2 amide bonds. The summed E-state index contributed by atoms with van der Waals surface area (Å²) in [5.74, 6) is 0.141. The molecule has 0 saturated carbocycles. The van der Waals surface area contributed by atoms with Crippen LogP contribution >= 0.6 is 0 Å². The minimum absolute atomic E-state index is 0.0248. The normalized spacial score (nSPS) is 14.2. The summed E-state index contributed by atoms with van der Waals surface area (Å²) < 4.78 is 0. The molecule has 0 aliphatic carbocycles. The van der Waals surface area contributed by atoms with Gasteiger partial charge in [-0.1, -0.05) is 12.1 Å². The smallest absolute Gasteiger partial charge is 0.253 e. The van der Waals surface area contributed by atoms with Crippen molar-refractivity contribution in [3.63, 3.8) is 0 Å². The molecule has 142 valence electrons. The zero-order valence-electron chi connectivity index (χ0n) is 16.3. The molecule has 3 rings (SSSR count). The second-order valence-corrected chi connectivity index (χ2v) is 7.27. The van der Waals surface area contributed by atoms with E-state index in [9.17, 15) is 9.59 Å². The molecule has 0 bridgehead atoms. The molecular formula is C22H27N3O2.